The molecule has 0 atom stereocenters. The van der Waals surface area contributed by atoms with Gasteiger partial charge < -0.3 is 25.2 Å². The van der Waals surface area contributed by atoms with Crippen LogP contribution in [0.5, 0.6) is 0 Å². The van der Waals surface area contributed by atoms with Crippen LogP contribution in [0.4, 0.5) is 11.4 Å². The van der Waals surface area contributed by atoms with E-state index in [2.05, 4.69) is 54.6 Å². The molecular weight excluding hydrogens is 340 g/mol. The molecule has 3 aliphatic heterocycles. The van der Waals surface area contributed by atoms with Crippen molar-refractivity contribution < 1.29 is 9.53 Å². The number of benzene rings is 1. The summed E-state index contributed by atoms with van der Waals surface area (Å²) in [7, 11) is 2.18. The van der Waals surface area contributed by atoms with Gasteiger partial charge in [0.2, 0.25) is 0 Å². The average molecular weight is 370 g/mol. The normalized spacial score (nSPS) is 24.3. The first kappa shape index (κ1) is 18.3. The smallest absolute Gasteiger partial charge is 0.261 e. The van der Waals surface area contributed by atoms with Gasteiger partial charge in [-0.1, -0.05) is 0 Å². The fourth-order valence-electron chi connectivity index (χ4n) is 4.23. The van der Waals surface area contributed by atoms with E-state index in [9.17, 15) is 4.79 Å². The molecule has 4 rings (SSSR count). The highest BCUT2D eigenvalue weighted by Crippen LogP contribution is 2.41. The summed E-state index contributed by atoms with van der Waals surface area (Å²) in [6, 6.07) is 6.95. The van der Waals surface area contributed by atoms with Gasteiger partial charge in [0.1, 0.15) is 0 Å². The summed E-state index contributed by atoms with van der Waals surface area (Å²) in [5, 5.41) is 7.06. The van der Waals surface area contributed by atoms with Crippen LogP contribution in [0.15, 0.2) is 23.9 Å². The molecule has 0 saturated carbocycles. The van der Waals surface area contributed by atoms with Gasteiger partial charge in [0.25, 0.3) is 5.91 Å². The number of nitrogens with zero attached hydrogens (tertiary/aromatic N) is 2. The van der Waals surface area contributed by atoms with Gasteiger partial charge in [-0.3, -0.25) is 4.79 Å². The van der Waals surface area contributed by atoms with Crippen LogP contribution in [0, 0.1) is 0 Å². The number of carbonyl (C=O) groups is 1. The molecule has 1 aromatic carbocycles. The van der Waals surface area contributed by atoms with E-state index in [0.29, 0.717) is 19.3 Å². The van der Waals surface area contributed by atoms with Crippen LogP contribution in [-0.2, 0) is 9.53 Å². The number of hydrogen-bond acceptors (Lipinski definition) is 5. The Kier molecular flexibility index (Phi) is 5.10. The van der Waals surface area contributed by atoms with E-state index in [1.807, 2.05) is 4.90 Å². The third-order valence-corrected chi connectivity index (χ3v) is 5.70. The summed E-state index contributed by atoms with van der Waals surface area (Å²) in [5.74, 6) is 0.0736. The van der Waals surface area contributed by atoms with Gasteiger partial charge in [-0.05, 0) is 65.0 Å². The van der Waals surface area contributed by atoms with Crippen LogP contribution >= 0.6 is 0 Å². The molecule has 2 N–H and O–H groups in total. The largest absolute Gasteiger partial charge is 0.383 e. The Hall–Kier alpha value is -2.05. The fourth-order valence-corrected chi connectivity index (χ4v) is 4.23. The molecule has 0 unspecified atom stereocenters. The van der Waals surface area contributed by atoms with Crippen molar-refractivity contribution in [3.8, 4) is 0 Å². The molecule has 1 amide bonds. The molecule has 146 valence electrons. The lowest BCUT2D eigenvalue weighted by Crippen LogP contribution is -2.36. The van der Waals surface area contributed by atoms with Crippen LogP contribution in [0.2, 0.25) is 0 Å². The molecule has 0 bridgehead atoms. The zero-order chi connectivity index (χ0) is 19.0. The number of hydrogen-bond donors (Lipinski definition) is 2. The van der Waals surface area contributed by atoms with Gasteiger partial charge in [0.05, 0.1) is 30.2 Å². The molecule has 27 heavy (non-hydrogen) atoms. The van der Waals surface area contributed by atoms with Crippen LogP contribution < -0.4 is 15.5 Å². The first-order valence-corrected chi connectivity index (χ1v) is 10.0. The summed E-state index contributed by atoms with van der Waals surface area (Å²) in [5.41, 5.74) is 4.78. The Morgan fingerprint density at radius 2 is 2.04 bits per heavy atom. The van der Waals surface area contributed by atoms with E-state index >= 15 is 0 Å². The Morgan fingerprint density at radius 1 is 1.26 bits per heavy atom. The highest BCUT2D eigenvalue weighted by atomic mass is 16.5. The summed E-state index contributed by atoms with van der Waals surface area (Å²) in [6.07, 6.45) is 2.29. The molecular formula is C21H30N4O2. The van der Waals surface area contributed by atoms with Crippen molar-refractivity contribution >= 4 is 22.9 Å². The summed E-state index contributed by atoms with van der Waals surface area (Å²) in [6.45, 7) is 8.27. The van der Waals surface area contributed by atoms with Crippen molar-refractivity contribution in [3.05, 3.63) is 29.5 Å². The number of fused-ring (bicyclic) bond motifs is 1. The number of anilines is 2. The minimum atomic E-state index is 0.0736. The molecule has 2 fully saturated rings. The topological polar surface area (TPSA) is 56.8 Å². The molecule has 0 aromatic heterocycles. The van der Waals surface area contributed by atoms with Crippen molar-refractivity contribution in [1.29, 1.82) is 0 Å². The third kappa shape index (κ3) is 3.56. The zero-order valence-corrected chi connectivity index (χ0v) is 16.5. The van der Waals surface area contributed by atoms with Crippen molar-refractivity contribution in [2.24, 2.45) is 0 Å². The minimum absolute atomic E-state index is 0.0736. The number of ether oxygens (including phenoxy) is 1. The predicted molar refractivity (Wildman–Crippen MR) is 109 cm³/mol. The lowest BCUT2D eigenvalue weighted by molar-refractivity contribution is -0.113. The number of rotatable bonds is 3. The van der Waals surface area contributed by atoms with E-state index in [1.54, 1.807) is 0 Å². The molecule has 2 saturated heterocycles. The third-order valence-electron chi connectivity index (χ3n) is 5.70. The van der Waals surface area contributed by atoms with Crippen LogP contribution in [0.1, 0.15) is 32.3 Å². The molecule has 0 radical (unpaired) electrons. The molecule has 6 nitrogen and oxygen atoms in total. The van der Waals surface area contributed by atoms with Gasteiger partial charge >= 0.3 is 0 Å². The SMILES string of the molecule is CC(C)N1C(=O)/C(=C2/COCCN2)c2cc(NC3CCN(C)CC3)ccc21. The van der Waals surface area contributed by atoms with Gasteiger partial charge in [0, 0.05) is 29.9 Å². The first-order valence-electron chi connectivity index (χ1n) is 10.0. The summed E-state index contributed by atoms with van der Waals surface area (Å²) >= 11 is 0. The van der Waals surface area contributed by atoms with Gasteiger partial charge in [-0.2, -0.15) is 0 Å². The molecule has 6 heteroatoms. The van der Waals surface area contributed by atoms with Crippen molar-refractivity contribution in [2.75, 3.05) is 50.1 Å². The summed E-state index contributed by atoms with van der Waals surface area (Å²) < 4.78 is 5.60. The Morgan fingerprint density at radius 3 is 2.70 bits per heavy atom. The van der Waals surface area contributed by atoms with E-state index in [1.165, 1.54) is 0 Å². The van der Waals surface area contributed by atoms with Gasteiger partial charge in [0.15, 0.2) is 0 Å². The maximum atomic E-state index is 13.2. The quantitative estimate of drug-likeness (QED) is 0.800. The van der Waals surface area contributed by atoms with Gasteiger partial charge in [-0.25, -0.2) is 0 Å². The fraction of sp³-hybridized carbons (Fsp3) is 0.571. The highest BCUT2D eigenvalue weighted by Gasteiger charge is 2.36. The predicted octanol–water partition coefficient (Wildman–Crippen LogP) is 2.28. The van der Waals surface area contributed by atoms with Gasteiger partial charge in [-0.15, -0.1) is 0 Å². The minimum Gasteiger partial charge on any atom is -0.383 e. The first-order chi connectivity index (χ1) is 13.0. The Balaban J connectivity index is 1.66. The average Bonchev–Trinajstić information content (AvgIpc) is 2.95. The molecule has 3 heterocycles. The van der Waals surface area contributed by atoms with E-state index < -0.39 is 0 Å². The number of piperidine rings is 1. The van der Waals surface area contributed by atoms with Crippen LogP contribution in [0.3, 0.4) is 0 Å². The number of nitrogens with one attached hydrogen (secondary N) is 2. The maximum absolute atomic E-state index is 13.2. The summed E-state index contributed by atoms with van der Waals surface area (Å²) in [4.78, 5) is 17.5. The molecule has 3 aliphatic rings. The van der Waals surface area contributed by atoms with Crippen molar-refractivity contribution in [2.45, 2.75) is 38.8 Å². The second kappa shape index (κ2) is 7.52. The van der Waals surface area contributed by atoms with E-state index in [-0.39, 0.29) is 11.9 Å². The molecule has 1 aromatic rings. The maximum Gasteiger partial charge on any atom is 0.261 e. The Bertz CT molecular complexity index is 743. The van der Waals surface area contributed by atoms with Crippen molar-refractivity contribution in [1.82, 2.24) is 10.2 Å². The lowest BCUT2D eigenvalue weighted by Gasteiger charge is -2.30. The van der Waals surface area contributed by atoms with Crippen LogP contribution in [-0.4, -0.2) is 62.8 Å². The molecule has 0 spiro atoms. The number of likely N-dealkylation sites (tertiary alicyclic amines) is 1. The monoisotopic (exact) mass is 370 g/mol. The standard InChI is InChI=1S/C21H30N4O2/c1-14(2)25-19-5-4-16(23-15-6-9-24(3)10-7-15)12-17(19)20(21(25)26)18-13-27-11-8-22-18/h4-5,12,14-15,22-23H,6-11,13H2,1-3H3/b20-18-. The highest BCUT2D eigenvalue weighted by molar-refractivity contribution is 6.33. The number of morpholine rings is 1. The number of amides is 1. The second-order valence-electron chi connectivity index (χ2n) is 8.06. The van der Waals surface area contributed by atoms with E-state index in [4.69, 9.17) is 4.74 Å². The second-order valence-corrected chi connectivity index (χ2v) is 8.06. The van der Waals surface area contributed by atoms with E-state index in [0.717, 1.165) is 60.7 Å². The molecule has 0 aliphatic carbocycles. The Labute approximate surface area is 161 Å². The number of carbonyl (C=O) groups excluding carboxylic acids is 1. The van der Waals surface area contributed by atoms with Crippen LogP contribution in [0.25, 0.3) is 5.57 Å². The lowest BCUT2D eigenvalue weighted by atomic mass is 10.0. The van der Waals surface area contributed by atoms with Crippen molar-refractivity contribution in [3.63, 3.8) is 0 Å². The zero-order valence-electron chi connectivity index (χ0n) is 16.5.